The number of rotatable bonds is 3. The van der Waals surface area contributed by atoms with Gasteiger partial charge < -0.3 is 15.6 Å². The van der Waals surface area contributed by atoms with Crippen LogP contribution in [0.4, 0.5) is 0 Å². The number of amides is 1. The minimum absolute atomic E-state index is 0.210. The Balaban J connectivity index is 1.99. The number of hydrogen-bond acceptors (Lipinski definition) is 4. The van der Waals surface area contributed by atoms with Gasteiger partial charge in [-0.15, -0.1) is 11.3 Å². The molecule has 0 aromatic carbocycles. The monoisotopic (exact) mass is 301 g/mol. The lowest BCUT2D eigenvalue weighted by atomic mass is 10.2. The van der Waals surface area contributed by atoms with Gasteiger partial charge in [-0.3, -0.25) is 9.59 Å². The van der Waals surface area contributed by atoms with Gasteiger partial charge in [0.15, 0.2) is 0 Å². The number of thiophene rings is 1. The van der Waals surface area contributed by atoms with Crippen molar-refractivity contribution < 1.29 is 4.79 Å². The predicted molar refractivity (Wildman–Crippen MR) is 83.1 cm³/mol. The minimum atomic E-state index is -0.268. The van der Waals surface area contributed by atoms with Crippen molar-refractivity contribution in [1.82, 2.24) is 9.88 Å². The standard InChI is InChI=1S/C15H15N3O2S/c1-18-6-4-12(8-14(18)19)15(20)17-9-13-7-11(10-21-13)3-2-5-16/h4,6-8,10H,5,9,16H2,1H3,(H,17,20). The lowest BCUT2D eigenvalue weighted by Gasteiger charge is -2.04. The summed E-state index contributed by atoms with van der Waals surface area (Å²) in [7, 11) is 1.64. The summed E-state index contributed by atoms with van der Waals surface area (Å²) in [6.45, 7) is 0.730. The normalized spacial score (nSPS) is 9.81. The average molecular weight is 301 g/mol. The van der Waals surface area contributed by atoms with Gasteiger partial charge in [0, 0.05) is 40.7 Å². The first-order valence-electron chi connectivity index (χ1n) is 6.31. The van der Waals surface area contributed by atoms with Crippen molar-refractivity contribution in [2.45, 2.75) is 6.54 Å². The van der Waals surface area contributed by atoms with Gasteiger partial charge in [-0.1, -0.05) is 11.8 Å². The van der Waals surface area contributed by atoms with Gasteiger partial charge in [-0.05, 0) is 12.1 Å². The molecule has 0 unspecified atom stereocenters. The SMILES string of the molecule is Cn1ccc(C(=O)NCc2cc(C#CCN)cs2)cc1=O. The van der Waals surface area contributed by atoms with E-state index in [1.807, 2.05) is 11.4 Å². The van der Waals surface area contributed by atoms with Crippen LogP contribution in [-0.2, 0) is 13.6 Å². The highest BCUT2D eigenvalue weighted by molar-refractivity contribution is 7.10. The minimum Gasteiger partial charge on any atom is -0.347 e. The fourth-order valence-electron chi connectivity index (χ4n) is 1.65. The molecule has 2 heterocycles. The van der Waals surface area contributed by atoms with Crippen LogP contribution in [0.2, 0.25) is 0 Å². The van der Waals surface area contributed by atoms with Crippen LogP contribution in [0.1, 0.15) is 20.8 Å². The zero-order valence-corrected chi connectivity index (χ0v) is 12.4. The summed E-state index contributed by atoms with van der Waals surface area (Å²) in [6, 6.07) is 4.85. The van der Waals surface area contributed by atoms with Crippen molar-refractivity contribution in [3.8, 4) is 11.8 Å². The summed E-state index contributed by atoms with van der Waals surface area (Å²) in [4.78, 5) is 24.4. The van der Waals surface area contributed by atoms with Crippen molar-refractivity contribution in [3.63, 3.8) is 0 Å². The van der Waals surface area contributed by atoms with E-state index < -0.39 is 0 Å². The molecule has 0 saturated heterocycles. The smallest absolute Gasteiger partial charge is 0.251 e. The molecule has 108 valence electrons. The van der Waals surface area contributed by atoms with E-state index in [1.54, 1.807) is 19.3 Å². The van der Waals surface area contributed by atoms with Gasteiger partial charge in [0.2, 0.25) is 0 Å². The molecule has 2 aromatic heterocycles. The van der Waals surface area contributed by atoms with E-state index in [-0.39, 0.29) is 11.5 Å². The number of nitrogens with two attached hydrogens (primary N) is 1. The molecule has 3 N–H and O–H groups in total. The van der Waals surface area contributed by atoms with Crippen LogP contribution in [0, 0.1) is 11.8 Å². The average Bonchev–Trinajstić information content (AvgIpc) is 2.93. The van der Waals surface area contributed by atoms with Crippen LogP contribution in [-0.4, -0.2) is 17.0 Å². The maximum absolute atomic E-state index is 12.0. The second-order valence-corrected chi connectivity index (χ2v) is 5.35. The van der Waals surface area contributed by atoms with Crippen LogP contribution >= 0.6 is 11.3 Å². The molecule has 0 fully saturated rings. The Bertz CT molecular complexity index is 765. The molecule has 0 aliphatic carbocycles. The third-order valence-corrected chi connectivity index (χ3v) is 3.71. The Kier molecular flexibility index (Phi) is 4.93. The molecular weight excluding hydrogens is 286 g/mol. The molecule has 6 heteroatoms. The van der Waals surface area contributed by atoms with Crippen LogP contribution in [0.25, 0.3) is 0 Å². The number of carbonyl (C=O) groups is 1. The fraction of sp³-hybridized carbons (Fsp3) is 0.200. The van der Waals surface area contributed by atoms with Gasteiger partial charge in [0.25, 0.3) is 11.5 Å². The summed E-state index contributed by atoms with van der Waals surface area (Å²) in [5.74, 6) is 5.45. The Morgan fingerprint density at radius 2 is 2.29 bits per heavy atom. The molecule has 0 saturated carbocycles. The molecule has 5 nitrogen and oxygen atoms in total. The molecule has 0 aliphatic heterocycles. The number of carbonyl (C=O) groups excluding carboxylic acids is 1. The molecule has 2 aromatic rings. The molecule has 1 amide bonds. The molecule has 2 rings (SSSR count). The topological polar surface area (TPSA) is 77.1 Å². The maximum atomic E-state index is 12.0. The first-order valence-corrected chi connectivity index (χ1v) is 7.19. The van der Waals surface area contributed by atoms with Crippen molar-refractivity contribution in [2.24, 2.45) is 12.8 Å². The molecule has 0 spiro atoms. The number of pyridine rings is 1. The third kappa shape index (κ3) is 4.05. The number of aromatic nitrogens is 1. The zero-order valence-electron chi connectivity index (χ0n) is 11.6. The first kappa shape index (κ1) is 15.0. The Morgan fingerprint density at radius 3 is 3.00 bits per heavy atom. The van der Waals surface area contributed by atoms with Crippen LogP contribution in [0.15, 0.2) is 34.6 Å². The second kappa shape index (κ2) is 6.88. The maximum Gasteiger partial charge on any atom is 0.251 e. The predicted octanol–water partition coefficient (Wildman–Crippen LogP) is 0.687. The molecule has 0 bridgehead atoms. The lowest BCUT2D eigenvalue weighted by Crippen LogP contribution is -2.25. The number of nitrogens with one attached hydrogen (secondary N) is 1. The van der Waals surface area contributed by atoms with Crippen molar-refractivity contribution in [1.29, 1.82) is 0 Å². The highest BCUT2D eigenvalue weighted by Gasteiger charge is 2.07. The van der Waals surface area contributed by atoms with E-state index in [1.165, 1.54) is 22.0 Å². The van der Waals surface area contributed by atoms with Crippen LogP contribution in [0.3, 0.4) is 0 Å². The summed E-state index contributed by atoms with van der Waals surface area (Å²) < 4.78 is 1.42. The lowest BCUT2D eigenvalue weighted by molar-refractivity contribution is 0.0951. The molecular formula is C15H15N3O2S. The van der Waals surface area contributed by atoms with Gasteiger partial charge in [0.1, 0.15) is 0 Å². The van der Waals surface area contributed by atoms with Crippen molar-refractivity contribution in [2.75, 3.05) is 6.54 Å². The second-order valence-electron chi connectivity index (χ2n) is 4.35. The first-order chi connectivity index (χ1) is 10.1. The summed E-state index contributed by atoms with van der Waals surface area (Å²) in [5.41, 5.74) is 6.36. The van der Waals surface area contributed by atoms with E-state index in [0.717, 1.165) is 10.4 Å². The summed E-state index contributed by atoms with van der Waals surface area (Å²) in [6.07, 6.45) is 1.57. The number of aryl methyl sites for hydroxylation is 1. The van der Waals surface area contributed by atoms with Crippen LogP contribution < -0.4 is 16.6 Å². The molecule has 0 aliphatic rings. The molecule has 0 atom stereocenters. The molecule has 21 heavy (non-hydrogen) atoms. The Labute approximate surface area is 126 Å². The highest BCUT2D eigenvalue weighted by atomic mass is 32.1. The van der Waals surface area contributed by atoms with E-state index in [4.69, 9.17) is 5.73 Å². The van der Waals surface area contributed by atoms with E-state index in [0.29, 0.717) is 18.7 Å². The van der Waals surface area contributed by atoms with Crippen molar-refractivity contribution in [3.05, 3.63) is 56.1 Å². The van der Waals surface area contributed by atoms with Gasteiger partial charge in [-0.2, -0.15) is 0 Å². The fourth-order valence-corrected chi connectivity index (χ4v) is 2.41. The summed E-state index contributed by atoms with van der Waals surface area (Å²) in [5, 5.41) is 4.70. The molecule has 0 radical (unpaired) electrons. The Hall–Kier alpha value is -2.36. The van der Waals surface area contributed by atoms with E-state index in [9.17, 15) is 9.59 Å². The highest BCUT2D eigenvalue weighted by Crippen LogP contribution is 2.13. The number of hydrogen-bond donors (Lipinski definition) is 2. The quantitative estimate of drug-likeness (QED) is 0.819. The van der Waals surface area contributed by atoms with E-state index >= 15 is 0 Å². The van der Waals surface area contributed by atoms with E-state index in [2.05, 4.69) is 17.2 Å². The van der Waals surface area contributed by atoms with Crippen molar-refractivity contribution >= 4 is 17.2 Å². The van der Waals surface area contributed by atoms with Gasteiger partial charge in [-0.25, -0.2) is 0 Å². The van der Waals surface area contributed by atoms with Gasteiger partial charge in [0.05, 0.1) is 13.1 Å². The van der Waals surface area contributed by atoms with Crippen LogP contribution in [0.5, 0.6) is 0 Å². The third-order valence-electron chi connectivity index (χ3n) is 2.78. The Morgan fingerprint density at radius 1 is 1.48 bits per heavy atom. The zero-order chi connectivity index (χ0) is 15.2. The largest absolute Gasteiger partial charge is 0.347 e. The summed E-state index contributed by atoms with van der Waals surface area (Å²) >= 11 is 1.52. The van der Waals surface area contributed by atoms with Gasteiger partial charge >= 0.3 is 0 Å². The number of nitrogens with zero attached hydrogens (tertiary/aromatic N) is 1.